The summed E-state index contributed by atoms with van der Waals surface area (Å²) in [5.74, 6) is 0.934. The molecule has 100 valence electrons. The zero-order chi connectivity index (χ0) is 13.5. The molecule has 2 aromatic rings. The Kier molecular flexibility index (Phi) is 3.03. The van der Waals surface area contributed by atoms with Crippen LogP contribution >= 0.6 is 22.9 Å². The Hall–Kier alpha value is -1.46. The van der Waals surface area contributed by atoms with E-state index in [4.69, 9.17) is 21.1 Å². The SMILES string of the molecule is CC1(C)Oc2ccc(NCc3ncc(Cl)s3)cc2O1. The molecular weight excluding hydrogens is 284 g/mol. The van der Waals surface area contributed by atoms with Crippen molar-refractivity contribution in [1.82, 2.24) is 4.98 Å². The van der Waals surface area contributed by atoms with E-state index in [2.05, 4.69) is 10.3 Å². The largest absolute Gasteiger partial charge is 0.449 e. The minimum atomic E-state index is -0.593. The summed E-state index contributed by atoms with van der Waals surface area (Å²) < 4.78 is 12.0. The number of halogens is 1. The molecule has 2 heterocycles. The summed E-state index contributed by atoms with van der Waals surface area (Å²) in [6.45, 7) is 4.41. The lowest BCUT2D eigenvalue weighted by atomic mass is 10.3. The van der Waals surface area contributed by atoms with Crippen LogP contribution in [0, 0.1) is 0 Å². The Morgan fingerprint density at radius 2 is 2.11 bits per heavy atom. The van der Waals surface area contributed by atoms with Crippen LogP contribution in [0.1, 0.15) is 18.9 Å². The Morgan fingerprint density at radius 3 is 2.84 bits per heavy atom. The van der Waals surface area contributed by atoms with Gasteiger partial charge >= 0.3 is 0 Å². The Labute approximate surface area is 120 Å². The highest BCUT2D eigenvalue weighted by Crippen LogP contribution is 2.40. The van der Waals surface area contributed by atoms with Crippen LogP contribution in [0.3, 0.4) is 0 Å². The first-order chi connectivity index (χ1) is 9.02. The third-order valence-corrected chi connectivity index (χ3v) is 3.74. The number of nitrogens with zero attached hydrogens (tertiary/aromatic N) is 1. The van der Waals surface area contributed by atoms with Crippen molar-refractivity contribution in [3.63, 3.8) is 0 Å². The van der Waals surface area contributed by atoms with Gasteiger partial charge in [-0.2, -0.15) is 0 Å². The first kappa shape index (κ1) is 12.6. The van der Waals surface area contributed by atoms with Gasteiger partial charge in [0.25, 0.3) is 0 Å². The van der Waals surface area contributed by atoms with Gasteiger partial charge in [0.15, 0.2) is 11.5 Å². The molecule has 0 fully saturated rings. The van der Waals surface area contributed by atoms with Gasteiger partial charge < -0.3 is 14.8 Å². The van der Waals surface area contributed by atoms with E-state index in [0.29, 0.717) is 10.9 Å². The highest BCUT2D eigenvalue weighted by molar-refractivity contribution is 7.15. The van der Waals surface area contributed by atoms with Crippen molar-refractivity contribution < 1.29 is 9.47 Å². The van der Waals surface area contributed by atoms with Crippen molar-refractivity contribution >= 4 is 28.6 Å². The first-order valence-corrected chi connectivity index (χ1v) is 7.07. The number of fused-ring (bicyclic) bond motifs is 1. The fourth-order valence-corrected chi connectivity index (χ4v) is 2.78. The molecule has 0 atom stereocenters. The molecule has 0 radical (unpaired) electrons. The molecule has 1 aliphatic rings. The maximum Gasteiger partial charge on any atom is 0.246 e. The second kappa shape index (κ2) is 4.58. The average molecular weight is 297 g/mol. The highest BCUT2D eigenvalue weighted by Gasteiger charge is 2.31. The molecule has 1 N–H and O–H groups in total. The van der Waals surface area contributed by atoms with E-state index in [9.17, 15) is 0 Å². The summed E-state index contributed by atoms with van der Waals surface area (Å²) in [5.41, 5.74) is 0.964. The molecule has 0 saturated carbocycles. The van der Waals surface area contributed by atoms with Crippen LogP contribution in [0.2, 0.25) is 4.34 Å². The normalized spacial score (nSPS) is 15.5. The minimum Gasteiger partial charge on any atom is -0.449 e. The molecule has 19 heavy (non-hydrogen) atoms. The van der Waals surface area contributed by atoms with E-state index in [0.717, 1.165) is 22.2 Å². The van der Waals surface area contributed by atoms with Gasteiger partial charge in [0, 0.05) is 25.6 Å². The zero-order valence-electron chi connectivity index (χ0n) is 10.6. The van der Waals surface area contributed by atoms with Crippen molar-refractivity contribution in [3.05, 3.63) is 33.7 Å². The second-order valence-electron chi connectivity index (χ2n) is 4.68. The number of thiazole rings is 1. The number of rotatable bonds is 3. The standard InChI is InChI=1S/C13H13ClN2O2S/c1-13(2)17-9-4-3-8(5-10(9)18-13)15-7-12-16-6-11(14)19-12/h3-6,15H,7H2,1-2H3. The molecule has 4 nitrogen and oxygen atoms in total. The molecule has 0 unspecified atom stereocenters. The third kappa shape index (κ3) is 2.77. The summed E-state index contributed by atoms with van der Waals surface area (Å²) in [7, 11) is 0. The number of aromatic nitrogens is 1. The van der Waals surface area contributed by atoms with E-state index in [1.807, 2.05) is 32.0 Å². The van der Waals surface area contributed by atoms with E-state index in [1.54, 1.807) is 6.20 Å². The Balaban J connectivity index is 1.70. The van der Waals surface area contributed by atoms with E-state index in [1.165, 1.54) is 11.3 Å². The average Bonchev–Trinajstić information content (AvgIpc) is 2.87. The van der Waals surface area contributed by atoms with Gasteiger partial charge in [0.05, 0.1) is 12.7 Å². The van der Waals surface area contributed by atoms with Crippen LogP contribution in [-0.4, -0.2) is 10.8 Å². The molecule has 0 amide bonds. The van der Waals surface area contributed by atoms with Gasteiger partial charge in [0.2, 0.25) is 5.79 Å². The summed E-state index contributed by atoms with van der Waals surface area (Å²) in [6.07, 6.45) is 1.66. The maximum atomic E-state index is 5.84. The molecule has 1 aromatic carbocycles. The van der Waals surface area contributed by atoms with E-state index >= 15 is 0 Å². The molecule has 0 saturated heterocycles. The van der Waals surface area contributed by atoms with Crippen molar-refractivity contribution in [2.24, 2.45) is 0 Å². The van der Waals surface area contributed by atoms with Crippen LogP contribution in [0.4, 0.5) is 5.69 Å². The Morgan fingerprint density at radius 1 is 1.32 bits per heavy atom. The molecule has 0 aliphatic carbocycles. The van der Waals surface area contributed by atoms with Gasteiger partial charge in [0.1, 0.15) is 9.34 Å². The summed E-state index contributed by atoms with van der Waals surface area (Å²) in [6, 6.07) is 5.79. The molecule has 1 aliphatic heterocycles. The molecule has 6 heteroatoms. The van der Waals surface area contributed by atoms with Gasteiger partial charge in [-0.05, 0) is 12.1 Å². The van der Waals surface area contributed by atoms with Crippen LogP contribution in [-0.2, 0) is 6.54 Å². The fourth-order valence-electron chi connectivity index (χ4n) is 1.88. The first-order valence-electron chi connectivity index (χ1n) is 5.88. The van der Waals surface area contributed by atoms with Crippen molar-refractivity contribution in [3.8, 4) is 11.5 Å². The predicted octanol–water partition coefficient (Wildman–Crippen LogP) is 3.92. The molecular formula is C13H13ClN2O2S. The molecule has 1 aromatic heterocycles. The van der Waals surface area contributed by atoms with Crippen LogP contribution in [0.15, 0.2) is 24.4 Å². The van der Waals surface area contributed by atoms with Gasteiger partial charge in [-0.3, -0.25) is 0 Å². The smallest absolute Gasteiger partial charge is 0.246 e. The second-order valence-corrected chi connectivity index (χ2v) is 6.42. The van der Waals surface area contributed by atoms with Crippen LogP contribution < -0.4 is 14.8 Å². The lowest BCUT2D eigenvalue weighted by molar-refractivity contribution is -0.0431. The maximum absolute atomic E-state index is 5.84. The van der Waals surface area contributed by atoms with Gasteiger partial charge in [-0.1, -0.05) is 11.6 Å². The monoisotopic (exact) mass is 296 g/mol. The van der Waals surface area contributed by atoms with Crippen LogP contribution in [0.25, 0.3) is 0 Å². The van der Waals surface area contributed by atoms with Gasteiger partial charge in [-0.15, -0.1) is 11.3 Å². The number of benzene rings is 1. The highest BCUT2D eigenvalue weighted by atomic mass is 35.5. The minimum absolute atomic E-state index is 0.593. The van der Waals surface area contributed by atoms with Crippen molar-refractivity contribution in [1.29, 1.82) is 0 Å². The van der Waals surface area contributed by atoms with Gasteiger partial charge in [-0.25, -0.2) is 4.98 Å². The lowest BCUT2D eigenvalue weighted by Crippen LogP contribution is -2.29. The third-order valence-electron chi connectivity index (χ3n) is 2.62. The fraction of sp³-hybridized carbons (Fsp3) is 0.308. The number of anilines is 1. The van der Waals surface area contributed by atoms with Crippen LogP contribution in [0.5, 0.6) is 11.5 Å². The molecule has 0 spiro atoms. The quantitative estimate of drug-likeness (QED) is 0.932. The lowest BCUT2D eigenvalue weighted by Gasteiger charge is -2.16. The van der Waals surface area contributed by atoms with E-state index < -0.39 is 5.79 Å². The summed E-state index contributed by atoms with van der Waals surface area (Å²) in [5, 5.41) is 4.23. The number of hydrogen-bond acceptors (Lipinski definition) is 5. The van der Waals surface area contributed by atoms with Crippen molar-refractivity contribution in [2.75, 3.05) is 5.32 Å². The number of hydrogen-bond donors (Lipinski definition) is 1. The number of nitrogens with one attached hydrogen (secondary N) is 1. The summed E-state index contributed by atoms with van der Waals surface area (Å²) >= 11 is 7.31. The Bertz CT molecular complexity index is 612. The molecule has 0 bridgehead atoms. The topological polar surface area (TPSA) is 43.4 Å². The predicted molar refractivity (Wildman–Crippen MR) is 76.2 cm³/mol. The van der Waals surface area contributed by atoms with E-state index in [-0.39, 0.29) is 0 Å². The zero-order valence-corrected chi connectivity index (χ0v) is 12.1. The summed E-state index contributed by atoms with van der Waals surface area (Å²) in [4.78, 5) is 4.19. The number of ether oxygens (including phenoxy) is 2. The molecule has 3 rings (SSSR count). The van der Waals surface area contributed by atoms with Crippen molar-refractivity contribution in [2.45, 2.75) is 26.2 Å².